The molecule has 0 saturated carbocycles. The van der Waals surface area contributed by atoms with Crippen LogP contribution >= 0.6 is 0 Å². The van der Waals surface area contributed by atoms with Crippen molar-refractivity contribution < 1.29 is 14.3 Å². The number of fused-ring (bicyclic) bond motifs is 4. The van der Waals surface area contributed by atoms with Crippen LogP contribution in [0.4, 0.5) is 5.69 Å². The summed E-state index contributed by atoms with van der Waals surface area (Å²) >= 11 is 0. The molecule has 6 nitrogen and oxygen atoms in total. The molecule has 4 heterocycles. The summed E-state index contributed by atoms with van der Waals surface area (Å²) in [6.07, 6.45) is 5.35. The summed E-state index contributed by atoms with van der Waals surface area (Å²) in [6.45, 7) is 9.48. The number of nitrogens with one attached hydrogen (secondary N) is 1. The topological polar surface area (TPSA) is 54.0 Å². The van der Waals surface area contributed by atoms with Gasteiger partial charge in [0.15, 0.2) is 0 Å². The Morgan fingerprint density at radius 2 is 1.70 bits per heavy atom. The number of amides is 1. The third-order valence-electron chi connectivity index (χ3n) is 8.91. The van der Waals surface area contributed by atoms with Crippen LogP contribution in [0.5, 0.6) is 0 Å². The van der Waals surface area contributed by atoms with Gasteiger partial charge in [0.1, 0.15) is 0 Å². The van der Waals surface area contributed by atoms with Crippen molar-refractivity contribution in [2.24, 2.45) is 11.8 Å². The van der Waals surface area contributed by atoms with Crippen LogP contribution in [-0.2, 0) is 20.9 Å². The van der Waals surface area contributed by atoms with Gasteiger partial charge in [-0.3, -0.25) is 4.79 Å². The van der Waals surface area contributed by atoms with Crippen molar-refractivity contribution in [1.82, 2.24) is 10.2 Å². The Kier molecular flexibility index (Phi) is 8.48. The lowest BCUT2D eigenvalue weighted by molar-refractivity contribution is -0.128. The monoisotopic (exact) mass is 505 g/mol. The lowest BCUT2D eigenvalue weighted by Crippen LogP contribution is -2.54. The molecule has 2 bridgehead atoms. The quantitative estimate of drug-likeness (QED) is 0.500. The Morgan fingerprint density at radius 3 is 2.43 bits per heavy atom. The maximum Gasteiger partial charge on any atom is 0.223 e. The molecule has 4 saturated heterocycles. The predicted molar refractivity (Wildman–Crippen MR) is 149 cm³/mol. The summed E-state index contributed by atoms with van der Waals surface area (Å²) in [6, 6.07) is 17.4. The zero-order valence-electron chi connectivity index (χ0n) is 22.6. The van der Waals surface area contributed by atoms with E-state index in [2.05, 4.69) is 70.6 Å². The summed E-state index contributed by atoms with van der Waals surface area (Å²) in [4.78, 5) is 18.3. The molecular formula is C31H43N3O3. The molecule has 0 aliphatic carbocycles. The molecule has 0 spiro atoms. The van der Waals surface area contributed by atoms with Gasteiger partial charge in [0, 0.05) is 43.9 Å². The Labute approximate surface area is 222 Å². The molecule has 4 aliphatic heterocycles. The van der Waals surface area contributed by atoms with Gasteiger partial charge in [0.05, 0.1) is 19.8 Å². The summed E-state index contributed by atoms with van der Waals surface area (Å²) in [7, 11) is 1.69. The number of rotatable bonds is 9. The fraction of sp³-hybridized carbons (Fsp3) is 0.581. The number of benzene rings is 2. The molecule has 0 radical (unpaired) electrons. The van der Waals surface area contributed by atoms with Gasteiger partial charge >= 0.3 is 0 Å². The van der Waals surface area contributed by atoms with Crippen LogP contribution in [0.2, 0.25) is 0 Å². The van der Waals surface area contributed by atoms with E-state index in [9.17, 15) is 4.79 Å². The fourth-order valence-electron chi connectivity index (χ4n) is 6.34. The van der Waals surface area contributed by atoms with E-state index < -0.39 is 0 Å². The molecule has 2 aromatic carbocycles. The summed E-state index contributed by atoms with van der Waals surface area (Å²) < 4.78 is 10.7. The van der Waals surface area contributed by atoms with Gasteiger partial charge in [-0.15, -0.1) is 0 Å². The Morgan fingerprint density at radius 1 is 0.946 bits per heavy atom. The van der Waals surface area contributed by atoms with Gasteiger partial charge < -0.3 is 24.6 Å². The maximum absolute atomic E-state index is 13.3. The molecule has 0 aromatic heterocycles. The van der Waals surface area contributed by atoms with E-state index in [0.29, 0.717) is 25.7 Å². The number of carbonyl (C=O) groups is 1. The van der Waals surface area contributed by atoms with Crippen molar-refractivity contribution in [2.45, 2.75) is 51.2 Å². The van der Waals surface area contributed by atoms with E-state index in [1.54, 1.807) is 7.11 Å². The van der Waals surface area contributed by atoms with Crippen molar-refractivity contribution >= 4 is 11.6 Å². The normalized spacial score (nSPS) is 26.2. The summed E-state index contributed by atoms with van der Waals surface area (Å²) in [5.74, 6) is 1.02. The van der Waals surface area contributed by atoms with E-state index in [0.717, 1.165) is 38.9 Å². The molecule has 4 aliphatic rings. The number of nitrogens with zero attached hydrogens (tertiary/aromatic N) is 2. The predicted octanol–water partition coefficient (Wildman–Crippen LogP) is 4.72. The van der Waals surface area contributed by atoms with Crippen LogP contribution in [0.1, 0.15) is 44.6 Å². The molecule has 37 heavy (non-hydrogen) atoms. The summed E-state index contributed by atoms with van der Waals surface area (Å²) in [5.41, 5.74) is 4.79. The van der Waals surface area contributed by atoms with Gasteiger partial charge in [-0.2, -0.15) is 0 Å². The second kappa shape index (κ2) is 12.0. The van der Waals surface area contributed by atoms with Crippen LogP contribution in [0.25, 0.3) is 11.1 Å². The Bertz CT molecular complexity index is 1030. The van der Waals surface area contributed by atoms with Gasteiger partial charge in [0.2, 0.25) is 5.91 Å². The zero-order valence-corrected chi connectivity index (χ0v) is 22.6. The first-order valence-corrected chi connectivity index (χ1v) is 14.1. The molecule has 1 amide bonds. The highest BCUT2D eigenvalue weighted by atomic mass is 16.5. The van der Waals surface area contributed by atoms with Crippen LogP contribution in [0.3, 0.4) is 0 Å². The minimum atomic E-state index is -0.0423. The number of methoxy groups -OCH3 is 1. The standard InChI is InChI=1S/C31H43N3O3/c1-31(14-19-33-15-12-28(31)13-16-33)32-30(35)26-10-17-34(18-11-26)29-5-3-4-27(22-29)25-8-6-24(7-9-25)23-37-21-20-36-2/h3-9,22,26,28H,10-21,23H2,1-2H3,(H,32,35). The third-order valence-corrected chi connectivity index (χ3v) is 8.91. The highest BCUT2D eigenvalue weighted by molar-refractivity contribution is 5.80. The van der Waals surface area contributed by atoms with Crippen molar-refractivity contribution in [2.75, 3.05) is 57.9 Å². The second-order valence-corrected chi connectivity index (χ2v) is 11.3. The molecule has 1 atom stereocenters. The first-order valence-electron chi connectivity index (χ1n) is 14.1. The van der Waals surface area contributed by atoms with E-state index in [-0.39, 0.29) is 17.4 Å². The minimum Gasteiger partial charge on any atom is -0.382 e. The van der Waals surface area contributed by atoms with Gasteiger partial charge in [-0.1, -0.05) is 36.4 Å². The van der Waals surface area contributed by atoms with E-state index in [4.69, 9.17) is 9.47 Å². The van der Waals surface area contributed by atoms with E-state index in [1.807, 2.05) is 0 Å². The average molecular weight is 506 g/mol. The lowest BCUT2D eigenvalue weighted by Gasteiger charge is -2.40. The lowest BCUT2D eigenvalue weighted by atomic mass is 9.78. The van der Waals surface area contributed by atoms with Crippen LogP contribution in [0.15, 0.2) is 48.5 Å². The molecule has 1 N–H and O–H groups in total. The number of ether oxygens (including phenoxy) is 2. The molecule has 2 aromatic rings. The maximum atomic E-state index is 13.3. The van der Waals surface area contributed by atoms with Crippen molar-refractivity contribution in [1.29, 1.82) is 0 Å². The minimum absolute atomic E-state index is 0.0423. The van der Waals surface area contributed by atoms with Gasteiger partial charge in [0.25, 0.3) is 0 Å². The molecule has 6 rings (SSSR count). The Hall–Kier alpha value is -2.41. The second-order valence-electron chi connectivity index (χ2n) is 11.3. The smallest absolute Gasteiger partial charge is 0.223 e. The highest BCUT2D eigenvalue weighted by Gasteiger charge is 2.42. The van der Waals surface area contributed by atoms with Gasteiger partial charge in [-0.25, -0.2) is 0 Å². The largest absolute Gasteiger partial charge is 0.382 e. The molecule has 4 fully saturated rings. The first kappa shape index (κ1) is 26.2. The SMILES string of the molecule is COCCOCc1ccc(-c2cccc(N3CCC(C(=O)NC4(C)CCN5CCC4CC5)CC3)c2)cc1. The summed E-state index contributed by atoms with van der Waals surface area (Å²) in [5, 5.41) is 3.54. The van der Waals surface area contributed by atoms with Crippen molar-refractivity contribution in [3.8, 4) is 11.1 Å². The number of piperidine rings is 2. The average Bonchev–Trinajstić information content (AvgIpc) is 3.19. The van der Waals surface area contributed by atoms with E-state index >= 15 is 0 Å². The van der Waals surface area contributed by atoms with Crippen molar-refractivity contribution in [3.63, 3.8) is 0 Å². The highest BCUT2D eigenvalue weighted by Crippen LogP contribution is 2.36. The van der Waals surface area contributed by atoms with Crippen LogP contribution < -0.4 is 10.2 Å². The van der Waals surface area contributed by atoms with E-state index in [1.165, 1.54) is 48.3 Å². The zero-order chi connectivity index (χ0) is 25.7. The first-order chi connectivity index (χ1) is 18.0. The fourth-order valence-corrected chi connectivity index (χ4v) is 6.34. The van der Waals surface area contributed by atoms with Crippen LogP contribution in [0, 0.1) is 11.8 Å². The Balaban J connectivity index is 1.15. The molecule has 200 valence electrons. The van der Waals surface area contributed by atoms with Crippen molar-refractivity contribution in [3.05, 3.63) is 54.1 Å². The molecule has 6 heteroatoms. The van der Waals surface area contributed by atoms with Crippen LogP contribution in [-0.4, -0.2) is 69.4 Å². The third kappa shape index (κ3) is 6.36. The molecular weight excluding hydrogens is 462 g/mol. The van der Waals surface area contributed by atoms with Gasteiger partial charge in [-0.05, 0) is 86.9 Å². The number of hydrogen-bond acceptors (Lipinski definition) is 5. The molecule has 1 unspecified atom stereocenters. The number of anilines is 1. The number of carbonyl (C=O) groups excluding carboxylic acids is 1. The number of hydrogen-bond donors (Lipinski definition) is 1.